The van der Waals surface area contributed by atoms with E-state index in [2.05, 4.69) is 25.9 Å². The molecule has 0 saturated carbocycles. The highest BCUT2D eigenvalue weighted by Crippen LogP contribution is 2.30. The van der Waals surface area contributed by atoms with Crippen molar-refractivity contribution in [1.29, 1.82) is 0 Å². The lowest BCUT2D eigenvalue weighted by Crippen LogP contribution is -2.09. The van der Waals surface area contributed by atoms with Crippen LogP contribution < -0.4 is 15.0 Å². The molecule has 0 radical (unpaired) electrons. The molecule has 1 aromatic heterocycles. The molecule has 0 atom stereocenters. The smallest absolute Gasteiger partial charge is 0.311 e. The van der Waals surface area contributed by atoms with Crippen molar-refractivity contribution < 1.29 is 9.47 Å². The number of nitrogens with one attached hydrogen (secondary N) is 1. The van der Waals surface area contributed by atoms with Crippen LogP contribution in [0, 0.1) is 0 Å². The number of ether oxygens (including phenoxy) is 2. The zero-order valence-electron chi connectivity index (χ0n) is 8.94. The van der Waals surface area contributed by atoms with Gasteiger partial charge in [-0.2, -0.15) is 0 Å². The van der Waals surface area contributed by atoms with Crippen molar-refractivity contribution in [3.63, 3.8) is 0 Å². The predicted molar refractivity (Wildman–Crippen MR) is 65.6 cm³/mol. The lowest BCUT2D eigenvalue weighted by Gasteiger charge is -2.07. The highest BCUT2D eigenvalue weighted by atomic mass is 79.9. The van der Waals surface area contributed by atoms with E-state index in [1.165, 1.54) is 12.4 Å². The molecule has 0 aliphatic heterocycles. The summed E-state index contributed by atoms with van der Waals surface area (Å²) in [7, 11) is 1.58. The van der Waals surface area contributed by atoms with Crippen molar-refractivity contribution >= 4 is 15.9 Å². The molecule has 2 rings (SSSR count). The third kappa shape index (κ3) is 2.65. The number of rotatable bonds is 3. The molecular formula is C11H9BrN2O3. The molecule has 2 aromatic rings. The number of aromatic amines is 1. The van der Waals surface area contributed by atoms with Gasteiger partial charge in [0.1, 0.15) is 11.5 Å². The Morgan fingerprint density at radius 1 is 1.41 bits per heavy atom. The maximum absolute atomic E-state index is 11.4. The van der Waals surface area contributed by atoms with E-state index < -0.39 is 0 Å². The summed E-state index contributed by atoms with van der Waals surface area (Å²) in [5.41, 5.74) is -0.379. The van der Waals surface area contributed by atoms with Crippen molar-refractivity contribution in [3.8, 4) is 17.4 Å². The fourth-order valence-corrected chi connectivity index (χ4v) is 1.65. The second-order valence-corrected chi connectivity index (χ2v) is 3.98. The third-order valence-electron chi connectivity index (χ3n) is 2.02. The Bertz CT molecular complexity index is 583. The minimum Gasteiger partial charge on any atom is -0.497 e. The van der Waals surface area contributed by atoms with Gasteiger partial charge in [-0.15, -0.1) is 0 Å². The highest BCUT2D eigenvalue weighted by Gasteiger charge is 2.07. The Balaban J connectivity index is 2.31. The molecule has 1 N–H and O–H groups in total. The summed E-state index contributed by atoms with van der Waals surface area (Å²) in [4.78, 5) is 17.7. The predicted octanol–water partition coefficient (Wildman–Crippen LogP) is 2.33. The average molecular weight is 297 g/mol. The number of halogens is 1. The molecule has 0 bridgehead atoms. The van der Waals surface area contributed by atoms with Crippen LogP contribution in [0.3, 0.4) is 0 Å². The number of hydrogen-bond donors (Lipinski definition) is 1. The Morgan fingerprint density at radius 2 is 2.24 bits per heavy atom. The summed E-state index contributed by atoms with van der Waals surface area (Å²) in [6, 6.07) is 5.17. The fourth-order valence-electron chi connectivity index (χ4n) is 1.21. The van der Waals surface area contributed by atoms with E-state index in [1.807, 2.05) is 0 Å². The first kappa shape index (κ1) is 11.7. The standard InChI is InChI=1S/C11H9BrN2O3/c1-16-7-2-3-9(8(12)6-7)17-11-10(15)13-4-5-14-11/h2-6H,1H3,(H,13,15). The van der Waals surface area contributed by atoms with Crippen LogP contribution in [0.15, 0.2) is 39.9 Å². The van der Waals surface area contributed by atoms with Crippen LogP contribution in [0.2, 0.25) is 0 Å². The monoisotopic (exact) mass is 296 g/mol. The maximum atomic E-state index is 11.4. The lowest BCUT2D eigenvalue weighted by molar-refractivity contribution is 0.411. The first-order chi connectivity index (χ1) is 8.20. The van der Waals surface area contributed by atoms with Gasteiger partial charge in [-0.05, 0) is 34.1 Å². The molecule has 1 aromatic carbocycles. The first-order valence-corrected chi connectivity index (χ1v) is 5.55. The lowest BCUT2D eigenvalue weighted by atomic mass is 10.3. The molecule has 0 fully saturated rings. The molecular weight excluding hydrogens is 288 g/mol. The van der Waals surface area contributed by atoms with E-state index >= 15 is 0 Å². The normalized spacial score (nSPS) is 10.0. The SMILES string of the molecule is COc1ccc(Oc2ncc[nH]c2=O)c(Br)c1. The molecule has 0 aliphatic carbocycles. The summed E-state index contributed by atoms with van der Waals surface area (Å²) in [5, 5.41) is 0. The quantitative estimate of drug-likeness (QED) is 0.944. The number of benzene rings is 1. The van der Waals surface area contributed by atoms with Gasteiger partial charge in [0, 0.05) is 12.4 Å². The fraction of sp³-hybridized carbons (Fsp3) is 0.0909. The number of H-pyrrole nitrogens is 1. The Hall–Kier alpha value is -1.82. The molecule has 88 valence electrons. The molecule has 0 aliphatic rings. The van der Waals surface area contributed by atoms with Crippen LogP contribution in [0.1, 0.15) is 0 Å². The van der Waals surface area contributed by atoms with Gasteiger partial charge in [-0.3, -0.25) is 4.79 Å². The number of hydrogen-bond acceptors (Lipinski definition) is 4. The van der Waals surface area contributed by atoms with Crippen LogP contribution in [-0.4, -0.2) is 17.1 Å². The van der Waals surface area contributed by atoms with E-state index in [0.29, 0.717) is 16.0 Å². The van der Waals surface area contributed by atoms with E-state index in [4.69, 9.17) is 9.47 Å². The second-order valence-electron chi connectivity index (χ2n) is 3.12. The number of methoxy groups -OCH3 is 1. The van der Waals surface area contributed by atoms with Crippen molar-refractivity contribution in [2.45, 2.75) is 0 Å². The molecule has 1 heterocycles. The Labute approximate surface area is 106 Å². The zero-order valence-corrected chi connectivity index (χ0v) is 10.5. The van der Waals surface area contributed by atoms with Crippen LogP contribution in [0.25, 0.3) is 0 Å². The number of nitrogens with zero attached hydrogens (tertiary/aromatic N) is 1. The van der Waals surface area contributed by atoms with Crippen LogP contribution >= 0.6 is 15.9 Å². The van der Waals surface area contributed by atoms with Gasteiger partial charge in [0.25, 0.3) is 5.88 Å². The molecule has 0 unspecified atom stereocenters. The van der Waals surface area contributed by atoms with Gasteiger partial charge in [-0.1, -0.05) is 0 Å². The first-order valence-electron chi connectivity index (χ1n) is 4.76. The topological polar surface area (TPSA) is 64.2 Å². The van der Waals surface area contributed by atoms with Crippen molar-refractivity contribution in [2.75, 3.05) is 7.11 Å². The van der Waals surface area contributed by atoms with Crippen molar-refractivity contribution in [3.05, 3.63) is 45.4 Å². The largest absolute Gasteiger partial charge is 0.497 e. The maximum Gasteiger partial charge on any atom is 0.311 e. The molecule has 5 nitrogen and oxygen atoms in total. The van der Waals surface area contributed by atoms with Gasteiger partial charge >= 0.3 is 5.56 Å². The van der Waals surface area contributed by atoms with E-state index in [1.54, 1.807) is 25.3 Å². The van der Waals surface area contributed by atoms with Gasteiger partial charge in [0.05, 0.1) is 11.6 Å². The summed E-state index contributed by atoms with van der Waals surface area (Å²) in [6.07, 6.45) is 2.90. The number of aromatic nitrogens is 2. The summed E-state index contributed by atoms with van der Waals surface area (Å²) >= 11 is 3.32. The minimum atomic E-state index is -0.379. The molecule has 6 heteroatoms. The zero-order chi connectivity index (χ0) is 12.3. The van der Waals surface area contributed by atoms with Crippen LogP contribution in [-0.2, 0) is 0 Å². The minimum absolute atomic E-state index is 0.00151. The molecule has 0 spiro atoms. The Kier molecular flexibility index (Phi) is 3.43. The van der Waals surface area contributed by atoms with Gasteiger partial charge in [0.2, 0.25) is 0 Å². The third-order valence-corrected chi connectivity index (χ3v) is 2.64. The summed E-state index contributed by atoms with van der Waals surface area (Å²) < 4.78 is 11.1. The van der Waals surface area contributed by atoms with Crippen molar-refractivity contribution in [2.24, 2.45) is 0 Å². The molecule has 0 saturated heterocycles. The van der Waals surface area contributed by atoms with Gasteiger partial charge in [-0.25, -0.2) is 4.98 Å². The Morgan fingerprint density at radius 3 is 2.88 bits per heavy atom. The molecule has 0 amide bonds. The van der Waals surface area contributed by atoms with Crippen LogP contribution in [0.5, 0.6) is 17.4 Å². The highest BCUT2D eigenvalue weighted by molar-refractivity contribution is 9.10. The van der Waals surface area contributed by atoms with E-state index in [-0.39, 0.29) is 11.4 Å². The van der Waals surface area contributed by atoms with Gasteiger partial charge in [0.15, 0.2) is 0 Å². The van der Waals surface area contributed by atoms with E-state index in [9.17, 15) is 4.79 Å². The van der Waals surface area contributed by atoms with Crippen molar-refractivity contribution in [1.82, 2.24) is 9.97 Å². The van der Waals surface area contributed by atoms with E-state index in [0.717, 1.165) is 0 Å². The molecule has 17 heavy (non-hydrogen) atoms. The average Bonchev–Trinajstić information content (AvgIpc) is 2.34. The second kappa shape index (κ2) is 5.01. The van der Waals surface area contributed by atoms with Crippen LogP contribution in [0.4, 0.5) is 0 Å². The summed E-state index contributed by atoms with van der Waals surface area (Å²) in [6.45, 7) is 0. The van der Waals surface area contributed by atoms with Gasteiger partial charge < -0.3 is 14.5 Å². The summed E-state index contributed by atoms with van der Waals surface area (Å²) in [5.74, 6) is 1.19.